The minimum Gasteiger partial charge on any atom is -0.173 e. The fourth-order valence-corrected chi connectivity index (χ4v) is 2.96. The van der Waals surface area contributed by atoms with Gasteiger partial charge in [-0.15, -0.1) is 0 Å². The second-order valence-electron chi connectivity index (χ2n) is 3.47. The van der Waals surface area contributed by atoms with Crippen LogP contribution in [-0.4, -0.2) is 8.75 Å². The van der Waals surface area contributed by atoms with Crippen LogP contribution in [0.1, 0.15) is 0 Å². The van der Waals surface area contributed by atoms with E-state index in [9.17, 15) is 0 Å². The van der Waals surface area contributed by atoms with Gasteiger partial charge in [0.2, 0.25) is 0 Å². The van der Waals surface area contributed by atoms with Crippen LogP contribution in [0.5, 0.6) is 0 Å². The van der Waals surface area contributed by atoms with Crippen molar-refractivity contribution in [1.29, 1.82) is 0 Å². The molecule has 0 aliphatic carbocycles. The Morgan fingerprint density at radius 2 is 1.59 bits per heavy atom. The standard InChI is InChI=1S/C12H7ClN2S2/c13-8-1-3-9(4-2-8)16-10-5-6-11-12(7-10)15-17-14-11/h1-7H. The van der Waals surface area contributed by atoms with Crippen LogP contribution in [0, 0.1) is 0 Å². The number of benzene rings is 2. The molecule has 3 rings (SSSR count). The summed E-state index contributed by atoms with van der Waals surface area (Å²) in [5.41, 5.74) is 1.91. The van der Waals surface area contributed by atoms with Crippen molar-refractivity contribution in [3.8, 4) is 0 Å². The number of rotatable bonds is 2. The molecule has 0 radical (unpaired) electrons. The molecule has 0 atom stereocenters. The maximum Gasteiger partial charge on any atom is 0.105 e. The Bertz CT molecular complexity index is 649. The molecule has 1 aromatic heterocycles. The fourth-order valence-electron chi connectivity index (χ4n) is 1.46. The Balaban J connectivity index is 1.91. The predicted molar refractivity (Wildman–Crippen MR) is 73.0 cm³/mol. The molecule has 0 aliphatic heterocycles. The summed E-state index contributed by atoms with van der Waals surface area (Å²) >= 11 is 8.79. The van der Waals surface area contributed by atoms with Crippen LogP contribution in [0.25, 0.3) is 11.0 Å². The third kappa shape index (κ3) is 2.44. The molecule has 84 valence electrons. The lowest BCUT2D eigenvalue weighted by atomic mass is 10.3. The highest BCUT2D eigenvalue weighted by Crippen LogP contribution is 2.30. The maximum absolute atomic E-state index is 5.85. The highest BCUT2D eigenvalue weighted by atomic mass is 35.5. The van der Waals surface area contributed by atoms with Crippen molar-refractivity contribution >= 4 is 46.1 Å². The lowest BCUT2D eigenvalue weighted by molar-refractivity contribution is 1.41. The summed E-state index contributed by atoms with van der Waals surface area (Å²) in [6, 6.07) is 13.9. The highest BCUT2D eigenvalue weighted by Gasteiger charge is 2.02. The lowest BCUT2D eigenvalue weighted by Gasteiger charge is -2.01. The van der Waals surface area contributed by atoms with E-state index in [1.807, 2.05) is 30.3 Å². The third-order valence-electron chi connectivity index (χ3n) is 2.27. The van der Waals surface area contributed by atoms with Crippen molar-refractivity contribution < 1.29 is 0 Å². The van der Waals surface area contributed by atoms with Gasteiger partial charge in [0.1, 0.15) is 11.0 Å². The van der Waals surface area contributed by atoms with E-state index in [2.05, 4.69) is 20.9 Å². The van der Waals surface area contributed by atoms with Crippen LogP contribution in [0.3, 0.4) is 0 Å². The Hall–Kier alpha value is -1.10. The van der Waals surface area contributed by atoms with Gasteiger partial charge in [0, 0.05) is 14.8 Å². The Morgan fingerprint density at radius 1 is 0.882 bits per heavy atom. The monoisotopic (exact) mass is 278 g/mol. The van der Waals surface area contributed by atoms with E-state index in [0.29, 0.717) is 0 Å². The lowest BCUT2D eigenvalue weighted by Crippen LogP contribution is -1.75. The van der Waals surface area contributed by atoms with Gasteiger partial charge in [-0.1, -0.05) is 23.4 Å². The number of nitrogens with zero attached hydrogens (tertiary/aromatic N) is 2. The Morgan fingerprint density at radius 3 is 2.41 bits per heavy atom. The van der Waals surface area contributed by atoms with E-state index >= 15 is 0 Å². The minimum absolute atomic E-state index is 0.758. The van der Waals surface area contributed by atoms with E-state index in [1.54, 1.807) is 11.8 Å². The van der Waals surface area contributed by atoms with Gasteiger partial charge >= 0.3 is 0 Å². The van der Waals surface area contributed by atoms with E-state index in [4.69, 9.17) is 11.6 Å². The molecule has 3 aromatic rings. The average molecular weight is 279 g/mol. The van der Waals surface area contributed by atoms with Crippen molar-refractivity contribution in [2.75, 3.05) is 0 Å². The van der Waals surface area contributed by atoms with Gasteiger partial charge in [0.15, 0.2) is 0 Å². The van der Waals surface area contributed by atoms with Crippen LogP contribution < -0.4 is 0 Å². The number of hydrogen-bond acceptors (Lipinski definition) is 4. The van der Waals surface area contributed by atoms with E-state index in [0.717, 1.165) is 25.8 Å². The molecule has 0 fully saturated rings. The number of fused-ring (bicyclic) bond motifs is 1. The summed E-state index contributed by atoms with van der Waals surface area (Å²) in [7, 11) is 0. The Labute approximate surface area is 112 Å². The predicted octanol–water partition coefficient (Wildman–Crippen LogP) is 4.50. The molecule has 0 spiro atoms. The van der Waals surface area contributed by atoms with Crippen molar-refractivity contribution in [1.82, 2.24) is 8.75 Å². The van der Waals surface area contributed by atoms with Crippen LogP contribution in [0.2, 0.25) is 5.02 Å². The molecule has 2 aromatic carbocycles. The van der Waals surface area contributed by atoms with Gasteiger partial charge in [-0.2, -0.15) is 8.75 Å². The van der Waals surface area contributed by atoms with Crippen LogP contribution >= 0.6 is 35.1 Å². The largest absolute Gasteiger partial charge is 0.173 e. The first kappa shape index (κ1) is 11.0. The van der Waals surface area contributed by atoms with Gasteiger partial charge in [-0.3, -0.25) is 0 Å². The first-order valence-corrected chi connectivity index (χ1v) is 6.89. The normalized spacial score (nSPS) is 10.9. The zero-order chi connectivity index (χ0) is 11.7. The van der Waals surface area contributed by atoms with E-state index in [1.165, 1.54) is 11.7 Å². The molecule has 1 heterocycles. The van der Waals surface area contributed by atoms with Gasteiger partial charge in [0.05, 0.1) is 11.7 Å². The second-order valence-corrected chi connectivity index (χ2v) is 5.58. The third-order valence-corrected chi connectivity index (χ3v) is 4.08. The average Bonchev–Trinajstić information content (AvgIpc) is 2.79. The molecular formula is C12H7ClN2S2. The van der Waals surface area contributed by atoms with Gasteiger partial charge in [0.25, 0.3) is 0 Å². The van der Waals surface area contributed by atoms with Crippen LogP contribution in [-0.2, 0) is 0 Å². The molecule has 0 N–H and O–H groups in total. The first-order chi connectivity index (χ1) is 8.31. The van der Waals surface area contributed by atoms with E-state index in [-0.39, 0.29) is 0 Å². The van der Waals surface area contributed by atoms with E-state index < -0.39 is 0 Å². The first-order valence-electron chi connectivity index (χ1n) is 4.97. The zero-order valence-corrected chi connectivity index (χ0v) is 11.0. The SMILES string of the molecule is Clc1ccc(Sc2ccc3nsnc3c2)cc1. The molecule has 0 bridgehead atoms. The molecule has 0 unspecified atom stereocenters. The molecule has 0 saturated heterocycles. The number of aromatic nitrogens is 2. The van der Waals surface area contributed by atoms with Gasteiger partial charge in [-0.05, 0) is 42.5 Å². The summed E-state index contributed by atoms with van der Waals surface area (Å²) in [5, 5.41) is 0.758. The summed E-state index contributed by atoms with van der Waals surface area (Å²) in [5.74, 6) is 0. The topological polar surface area (TPSA) is 25.8 Å². The van der Waals surface area contributed by atoms with Crippen LogP contribution in [0.15, 0.2) is 52.3 Å². The summed E-state index contributed by atoms with van der Waals surface area (Å²) < 4.78 is 8.41. The van der Waals surface area contributed by atoms with Gasteiger partial charge in [-0.25, -0.2) is 0 Å². The maximum atomic E-state index is 5.85. The Kier molecular flexibility index (Phi) is 3.01. The number of hydrogen-bond donors (Lipinski definition) is 0. The summed E-state index contributed by atoms with van der Waals surface area (Å²) in [4.78, 5) is 2.32. The van der Waals surface area contributed by atoms with Crippen molar-refractivity contribution in [3.05, 3.63) is 47.5 Å². The fraction of sp³-hybridized carbons (Fsp3) is 0. The molecule has 17 heavy (non-hydrogen) atoms. The summed E-state index contributed by atoms with van der Waals surface area (Å²) in [6.45, 7) is 0. The van der Waals surface area contributed by atoms with Crippen molar-refractivity contribution in [3.63, 3.8) is 0 Å². The quantitative estimate of drug-likeness (QED) is 0.690. The minimum atomic E-state index is 0.758. The van der Waals surface area contributed by atoms with Crippen molar-refractivity contribution in [2.24, 2.45) is 0 Å². The molecular weight excluding hydrogens is 272 g/mol. The molecule has 0 amide bonds. The summed E-state index contributed by atoms with van der Waals surface area (Å²) in [6.07, 6.45) is 0. The molecule has 0 aliphatic rings. The van der Waals surface area contributed by atoms with Crippen LogP contribution in [0.4, 0.5) is 0 Å². The highest BCUT2D eigenvalue weighted by molar-refractivity contribution is 7.99. The van der Waals surface area contributed by atoms with Gasteiger partial charge < -0.3 is 0 Å². The molecule has 0 saturated carbocycles. The zero-order valence-electron chi connectivity index (χ0n) is 8.63. The molecule has 2 nitrogen and oxygen atoms in total. The number of halogens is 1. The molecule has 5 heteroatoms. The smallest absolute Gasteiger partial charge is 0.105 e. The van der Waals surface area contributed by atoms with Crippen molar-refractivity contribution in [2.45, 2.75) is 9.79 Å². The second kappa shape index (κ2) is 4.64.